The Balaban J connectivity index is 2.15. The zero-order valence-electron chi connectivity index (χ0n) is 11.9. The molecule has 1 aromatic heterocycles. The van der Waals surface area contributed by atoms with E-state index in [0.717, 1.165) is 17.7 Å². The van der Waals surface area contributed by atoms with Gasteiger partial charge in [0.25, 0.3) is 0 Å². The molecule has 1 atom stereocenters. The summed E-state index contributed by atoms with van der Waals surface area (Å²) >= 11 is 0. The van der Waals surface area contributed by atoms with Gasteiger partial charge in [0.15, 0.2) is 0 Å². The van der Waals surface area contributed by atoms with Crippen LogP contribution >= 0.6 is 0 Å². The Morgan fingerprint density at radius 2 is 1.95 bits per heavy atom. The van der Waals surface area contributed by atoms with E-state index in [1.165, 1.54) is 5.56 Å². The fraction of sp³-hybridized carbons (Fsp3) is 0.312. The van der Waals surface area contributed by atoms with Crippen molar-refractivity contribution in [1.29, 1.82) is 0 Å². The molecule has 0 saturated carbocycles. The van der Waals surface area contributed by atoms with E-state index in [4.69, 9.17) is 10.6 Å². The highest BCUT2D eigenvalue weighted by molar-refractivity contribution is 5.31. The second kappa shape index (κ2) is 7.03. The van der Waals surface area contributed by atoms with Gasteiger partial charge in [0.05, 0.1) is 12.1 Å². The highest BCUT2D eigenvalue weighted by Crippen LogP contribution is 2.22. The fourth-order valence-corrected chi connectivity index (χ4v) is 2.10. The van der Waals surface area contributed by atoms with Crippen molar-refractivity contribution >= 4 is 0 Å². The summed E-state index contributed by atoms with van der Waals surface area (Å²) in [5.41, 5.74) is 5.18. The van der Waals surface area contributed by atoms with Gasteiger partial charge in [-0.25, -0.2) is 0 Å². The number of nitrogens with one attached hydrogen (secondary N) is 1. The number of nitrogens with two attached hydrogens (primary N) is 1. The lowest BCUT2D eigenvalue weighted by atomic mass is 10.00. The maximum atomic E-state index is 5.72. The van der Waals surface area contributed by atoms with E-state index < -0.39 is 0 Å². The minimum absolute atomic E-state index is 0.0492. The number of hydrazine groups is 1. The molecule has 0 aliphatic heterocycles. The van der Waals surface area contributed by atoms with Crippen molar-refractivity contribution < 1.29 is 4.74 Å². The van der Waals surface area contributed by atoms with E-state index in [2.05, 4.69) is 16.5 Å². The van der Waals surface area contributed by atoms with Crippen LogP contribution in [0.5, 0.6) is 5.75 Å². The van der Waals surface area contributed by atoms with Crippen LogP contribution in [0.4, 0.5) is 0 Å². The lowest BCUT2D eigenvalue weighted by Crippen LogP contribution is -2.29. The summed E-state index contributed by atoms with van der Waals surface area (Å²) < 4.78 is 5.72. The summed E-state index contributed by atoms with van der Waals surface area (Å²) in [6.07, 6.45) is 4.56. The molecule has 3 N–H and O–H groups in total. The van der Waals surface area contributed by atoms with Crippen LogP contribution in [0.3, 0.4) is 0 Å². The van der Waals surface area contributed by atoms with Gasteiger partial charge < -0.3 is 4.74 Å². The SMILES string of the molecule is CC(C)Oc1cccc(C(Cc2ccncc2)NN)c1. The molecular formula is C16H21N3O. The van der Waals surface area contributed by atoms with Crippen molar-refractivity contribution in [1.82, 2.24) is 10.4 Å². The average Bonchev–Trinajstić information content (AvgIpc) is 2.45. The van der Waals surface area contributed by atoms with Gasteiger partial charge in [-0.1, -0.05) is 12.1 Å². The smallest absolute Gasteiger partial charge is 0.120 e. The summed E-state index contributed by atoms with van der Waals surface area (Å²) in [4.78, 5) is 4.03. The predicted octanol–water partition coefficient (Wildman–Crippen LogP) is 2.62. The summed E-state index contributed by atoms with van der Waals surface area (Å²) in [6, 6.07) is 12.1. The summed E-state index contributed by atoms with van der Waals surface area (Å²) in [5, 5.41) is 0. The molecule has 1 aromatic carbocycles. The number of rotatable bonds is 6. The zero-order valence-corrected chi connectivity index (χ0v) is 11.9. The first-order chi connectivity index (χ1) is 9.69. The lowest BCUT2D eigenvalue weighted by Gasteiger charge is -2.18. The molecule has 1 heterocycles. The standard InChI is InChI=1S/C16H21N3O/c1-12(2)20-15-5-3-4-14(11-15)16(19-17)10-13-6-8-18-9-7-13/h3-9,11-12,16,19H,10,17H2,1-2H3. The van der Waals surface area contributed by atoms with E-state index in [1.54, 1.807) is 12.4 Å². The zero-order chi connectivity index (χ0) is 14.4. The monoisotopic (exact) mass is 271 g/mol. The highest BCUT2D eigenvalue weighted by Gasteiger charge is 2.11. The molecule has 106 valence electrons. The number of aromatic nitrogens is 1. The largest absolute Gasteiger partial charge is 0.491 e. The predicted molar refractivity (Wildman–Crippen MR) is 80.2 cm³/mol. The normalized spacial score (nSPS) is 12.4. The molecule has 0 amide bonds. The Kier molecular flexibility index (Phi) is 5.09. The Morgan fingerprint density at radius 1 is 1.20 bits per heavy atom. The Morgan fingerprint density at radius 3 is 2.60 bits per heavy atom. The third-order valence-electron chi connectivity index (χ3n) is 3.02. The molecule has 1 unspecified atom stereocenters. The van der Waals surface area contributed by atoms with Gasteiger partial charge >= 0.3 is 0 Å². The molecule has 0 aliphatic carbocycles. The van der Waals surface area contributed by atoms with Gasteiger partial charge in [-0.3, -0.25) is 16.3 Å². The molecular weight excluding hydrogens is 250 g/mol. The van der Waals surface area contributed by atoms with E-state index in [1.807, 2.05) is 44.2 Å². The third kappa shape index (κ3) is 4.05. The van der Waals surface area contributed by atoms with Gasteiger partial charge in [-0.2, -0.15) is 0 Å². The molecule has 4 heteroatoms. The molecule has 2 aromatic rings. The Hall–Kier alpha value is -1.91. The van der Waals surface area contributed by atoms with Crippen LogP contribution in [0.15, 0.2) is 48.8 Å². The molecule has 0 aliphatic rings. The quantitative estimate of drug-likeness (QED) is 0.626. The summed E-state index contributed by atoms with van der Waals surface area (Å²) in [6.45, 7) is 4.03. The van der Waals surface area contributed by atoms with Crippen LogP contribution in [0.25, 0.3) is 0 Å². The van der Waals surface area contributed by atoms with E-state index >= 15 is 0 Å². The minimum Gasteiger partial charge on any atom is -0.491 e. The van der Waals surface area contributed by atoms with Crippen LogP contribution in [0, 0.1) is 0 Å². The maximum absolute atomic E-state index is 5.72. The van der Waals surface area contributed by atoms with Crippen LogP contribution in [0.2, 0.25) is 0 Å². The molecule has 0 bridgehead atoms. The number of pyridine rings is 1. The molecule has 4 nitrogen and oxygen atoms in total. The maximum Gasteiger partial charge on any atom is 0.120 e. The topological polar surface area (TPSA) is 60.2 Å². The number of hydrogen-bond acceptors (Lipinski definition) is 4. The van der Waals surface area contributed by atoms with Crippen molar-refractivity contribution in [2.24, 2.45) is 5.84 Å². The minimum atomic E-state index is 0.0492. The van der Waals surface area contributed by atoms with Crippen molar-refractivity contribution in [3.8, 4) is 5.75 Å². The second-order valence-corrected chi connectivity index (χ2v) is 5.02. The highest BCUT2D eigenvalue weighted by atomic mass is 16.5. The Bertz CT molecular complexity index is 528. The van der Waals surface area contributed by atoms with E-state index in [-0.39, 0.29) is 12.1 Å². The molecule has 2 rings (SSSR count). The van der Waals surface area contributed by atoms with Gasteiger partial charge in [0.1, 0.15) is 5.75 Å². The number of ether oxygens (including phenoxy) is 1. The second-order valence-electron chi connectivity index (χ2n) is 5.02. The van der Waals surface area contributed by atoms with Gasteiger partial charge in [0, 0.05) is 12.4 Å². The Labute approximate surface area is 120 Å². The van der Waals surface area contributed by atoms with E-state index in [0.29, 0.717) is 0 Å². The van der Waals surface area contributed by atoms with Crippen molar-refractivity contribution in [2.45, 2.75) is 32.4 Å². The first-order valence-electron chi connectivity index (χ1n) is 6.80. The van der Waals surface area contributed by atoms with Crippen LogP contribution in [-0.4, -0.2) is 11.1 Å². The van der Waals surface area contributed by atoms with Gasteiger partial charge in [0.2, 0.25) is 0 Å². The van der Waals surface area contributed by atoms with Gasteiger partial charge in [-0.05, 0) is 55.7 Å². The molecule has 0 spiro atoms. The first kappa shape index (κ1) is 14.5. The number of hydrogen-bond donors (Lipinski definition) is 2. The first-order valence-corrected chi connectivity index (χ1v) is 6.80. The van der Waals surface area contributed by atoms with Crippen molar-refractivity contribution in [3.05, 3.63) is 59.9 Å². The number of benzene rings is 1. The summed E-state index contributed by atoms with van der Waals surface area (Å²) in [5.74, 6) is 6.57. The van der Waals surface area contributed by atoms with Crippen LogP contribution < -0.4 is 16.0 Å². The molecule has 0 fully saturated rings. The molecule has 0 saturated heterocycles. The fourth-order valence-electron chi connectivity index (χ4n) is 2.10. The molecule has 0 radical (unpaired) electrons. The van der Waals surface area contributed by atoms with Gasteiger partial charge in [-0.15, -0.1) is 0 Å². The average molecular weight is 271 g/mol. The van der Waals surface area contributed by atoms with Crippen molar-refractivity contribution in [3.63, 3.8) is 0 Å². The van der Waals surface area contributed by atoms with Crippen molar-refractivity contribution in [2.75, 3.05) is 0 Å². The molecule has 20 heavy (non-hydrogen) atoms. The van der Waals surface area contributed by atoms with E-state index in [9.17, 15) is 0 Å². The number of nitrogens with zero attached hydrogens (tertiary/aromatic N) is 1. The third-order valence-corrected chi connectivity index (χ3v) is 3.02. The summed E-state index contributed by atoms with van der Waals surface area (Å²) in [7, 11) is 0. The van der Waals surface area contributed by atoms with Crippen LogP contribution in [-0.2, 0) is 6.42 Å². The lowest BCUT2D eigenvalue weighted by molar-refractivity contribution is 0.242. The van der Waals surface area contributed by atoms with Crippen LogP contribution in [0.1, 0.15) is 31.0 Å².